The fraction of sp³-hybridized carbons (Fsp3) is 0.500. The Morgan fingerprint density at radius 2 is 1.86 bits per heavy atom. The van der Waals surface area contributed by atoms with E-state index in [1.165, 1.54) is 6.92 Å². The third-order valence-electron chi connectivity index (χ3n) is 3.39. The van der Waals surface area contributed by atoms with Crippen LogP contribution in [0, 0.1) is 5.92 Å². The molecule has 1 atom stereocenters. The zero-order valence-electron chi connectivity index (χ0n) is 13.1. The predicted molar refractivity (Wildman–Crippen MR) is 82.0 cm³/mol. The summed E-state index contributed by atoms with van der Waals surface area (Å²) in [6, 6.07) is 8.37. The van der Waals surface area contributed by atoms with Gasteiger partial charge in [-0.05, 0) is 25.3 Å². The van der Waals surface area contributed by atoms with Crippen molar-refractivity contribution in [3.8, 4) is 0 Å². The number of carbonyl (C=O) groups excluding carboxylic acids is 1. The van der Waals surface area contributed by atoms with Crippen LogP contribution in [0.5, 0.6) is 0 Å². The van der Waals surface area contributed by atoms with Crippen molar-refractivity contribution in [1.82, 2.24) is 10.2 Å². The zero-order valence-corrected chi connectivity index (χ0v) is 13.1. The summed E-state index contributed by atoms with van der Waals surface area (Å²) in [6.07, 6.45) is 0. The van der Waals surface area contributed by atoms with Crippen LogP contribution >= 0.6 is 0 Å². The van der Waals surface area contributed by atoms with Crippen LogP contribution in [0.1, 0.15) is 33.3 Å². The van der Waals surface area contributed by atoms with Gasteiger partial charge in [0.2, 0.25) is 0 Å². The Morgan fingerprint density at radius 1 is 1.29 bits per heavy atom. The van der Waals surface area contributed by atoms with Crippen molar-refractivity contribution in [2.24, 2.45) is 5.92 Å². The molecule has 5 heteroatoms. The van der Waals surface area contributed by atoms with Gasteiger partial charge in [0, 0.05) is 13.1 Å². The summed E-state index contributed by atoms with van der Waals surface area (Å²) in [5, 5.41) is 12.2. The summed E-state index contributed by atoms with van der Waals surface area (Å²) in [6.45, 7) is 8.54. The Hall–Kier alpha value is -2.04. The number of aliphatic carboxylic acids is 1. The highest BCUT2D eigenvalue weighted by molar-refractivity contribution is 5.87. The highest BCUT2D eigenvalue weighted by Crippen LogP contribution is 2.21. The van der Waals surface area contributed by atoms with E-state index in [0.717, 1.165) is 0 Å². The maximum absolute atomic E-state index is 12.4. The monoisotopic (exact) mass is 292 g/mol. The van der Waals surface area contributed by atoms with E-state index in [4.69, 9.17) is 0 Å². The lowest BCUT2D eigenvalue weighted by Crippen LogP contribution is -2.54. The largest absolute Gasteiger partial charge is 0.479 e. The van der Waals surface area contributed by atoms with Crippen LogP contribution in [-0.4, -0.2) is 35.1 Å². The average molecular weight is 292 g/mol. The summed E-state index contributed by atoms with van der Waals surface area (Å²) in [7, 11) is 0. The zero-order chi connectivity index (χ0) is 16.0. The molecule has 0 radical (unpaired) electrons. The molecular weight excluding hydrogens is 268 g/mol. The molecule has 1 rings (SSSR count). The van der Waals surface area contributed by atoms with E-state index in [-0.39, 0.29) is 6.03 Å². The Morgan fingerprint density at radius 3 is 2.29 bits per heavy atom. The maximum atomic E-state index is 12.4. The molecule has 0 aliphatic heterocycles. The molecule has 0 fully saturated rings. The highest BCUT2D eigenvalue weighted by atomic mass is 16.4. The van der Waals surface area contributed by atoms with Crippen molar-refractivity contribution in [2.75, 3.05) is 13.1 Å². The third-order valence-corrected chi connectivity index (χ3v) is 3.39. The standard InChI is InChI=1S/C16H24N2O3/c1-5-18(11-12(2)3)15(21)17-16(4,14(19)20)13-9-7-6-8-10-13/h6-10,12H,5,11H2,1-4H3,(H,17,21)(H,19,20). The molecule has 1 aromatic rings. The van der Waals surface area contributed by atoms with Crippen LogP contribution in [0.2, 0.25) is 0 Å². The quantitative estimate of drug-likeness (QED) is 0.847. The van der Waals surface area contributed by atoms with Crippen molar-refractivity contribution in [3.05, 3.63) is 35.9 Å². The first kappa shape index (κ1) is 17.0. The Bertz CT molecular complexity index is 488. The molecule has 0 saturated carbocycles. The number of hydrogen-bond acceptors (Lipinski definition) is 2. The lowest BCUT2D eigenvalue weighted by molar-refractivity contribution is -0.144. The van der Waals surface area contributed by atoms with Crippen LogP contribution in [0.4, 0.5) is 4.79 Å². The molecule has 116 valence electrons. The van der Waals surface area contributed by atoms with E-state index in [2.05, 4.69) is 5.32 Å². The first-order valence-electron chi connectivity index (χ1n) is 7.17. The van der Waals surface area contributed by atoms with Crippen molar-refractivity contribution >= 4 is 12.0 Å². The van der Waals surface area contributed by atoms with E-state index >= 15 is 0 Å². The number of carboxylic acids is 1. The van der Waals surface area contributed by atoms with Crippen molar-refractivity contribution < 1.29 is 14.7 Å². The predicted octanol–water partition coefficient (Wildman–Crippen LogP) is 2.67. The average Bonchev–Trinajstić information content (AvgIpc) is 2.44. The molecule has 2 N–H and O–H groups in total. The summed E-state index contributed by atoms with van der Waals surface area (Å²) in [5.74, 6) is -0.758. The van der Waals surface area contributed by atoms with Crippen LogP contribution in [0.15, 0.2) is 30.3 Å². The van der Waals surface area contributed by atoms with E-state index in [9.17, 15) is 14.7 Å². The smallest absolute Gasteiger partial charge is 0.333 e. The van der Waals surface area contributed by atoms with Gasteiger partial charge in [-0.1, -0.05) is 44.2 Å². The van der Waals surface area contributed by atoms with E-state index < -0.39 is 11.5 Å². The SMILES string of the molecule is CCN(CC(C)C)C(=O)NC(C)(C(=O)O)c1ccccc1. The van der Waals surface area contributed by atoms with Gasteiger partial charge >= 0.3 is 12.0 Å². The minimum atomic E-state index is -1.44. The highest BCUT2D eigenvalue weighted by Gasteiger charge is 2.37. The Labute approximate surface area is 126 Å². The molecule has 0 heterocycles. The molecule has 21 heavy (non-hydrogen) atoms. The topological polar surface area (TPSA) is 69.6 Å². The number of nitrogens with one attached hydrogen (secondary N) is 1. The number of amides is 2. The molecule has 1 aromatic carbocycles. The number of rotatable bonds is 6. The van der Waals surface area contributed by atoms with Gasteiger partial charge in [0.25, 0.3) is 0 Å². The molecule has 0 aliphatic carbocycles. The fourth-order valence-electron chi connectivity index (χ4n) is 2.11. The Kier molecular flexibility index (Phi) is 5.76. The number of nitrogens with zero attached hydrogens (tertiary/aromatic N) is 1. The molecule has 0 saturated heterocycles. The third kappa shape index (κ3) is 4.21. The van der Waals surface area contributed by atoms with Gasteiger partial charge in [-0.3, -0.25) is 0 Å². The van der Waals surface area contributed by atoms with Gasteiger partial charge in [-0.15, -0.1) is 0 Å². The molecule has 5 nitrogen and oxygen atoms in total. The molecule has 0 aromatic heterocycles. The number of urea groups is 1. The minimum Gasteiger partial charge on any atom is -0.479 e. The second kappa shape index (κ2) is 7.11. The van der Waals surface area contributed by atoms with Gasteiger partial charge in [0.15, 0.2) is 5.54 Å². The summed E-state index contributed by atoms with van der Waals surface area (Å²) in [4.78, 5) is 25.6. The summed E-state index contributed by atoms with van der Waals surface area (Å²) < 4.78 is 0. The molecule has 0 aliphatic rings. The molecule has 2 amide bonds. The summed E-state index contributed by atoms with van der Waals surface area (Å²) >= 11 is 0. The normalized spacial score (nSPS) is 13.6. The van der Waals surface area contributed by atoms with E-state index in [0.29, 0.717) is 24.6 Å². The van der Waals surface area contributed by atoms with Crippen molar-refractivity contribution in [2.45, 2.75) is 33.2 Å². The van der Waals surface area contributed by atoms with Gasteiger partial charge in [-0.2, -0.15) is 0 Å². The number of benzene rings is 1. The second-order valence-electron chi connectivity index (χ2n) is 5.66. The number of hydrogen-bond donors (Lipinski definition) is 2. The number of carbonyl (C=O) groups is 2. The van der Waals surface area contributed by atoms with Gasteiger partial charge in [0.1, 0.15) is 0 Å². The van der Waals surface area contributed by atoms with Crippen molar-refractivity contribution in [3.63, 3.8) is 0 Å². The van der Waals surface area contributed by atoms with Crippen LogP contribution in [-0.2, 0) is 10.3 Å². The fourth-order valence-corrected chi connectivity index (χ4v) is 2.11. The lowest BCUT2D eigenvalue weighted by Gasteiger charge is -2.31. The lowest BCUT2D eigenvalue weighted by atomic mass is 9.92. The second-order valence-corrected chi connectivity index (χ2v) is 5.66. The van der Waals surface area contributed by atoms with E-state index in [1.54, 1.807) is 29.2 Å². The Balaban J connectivity index is 2.98. The first-order chi connectivity index (χ1) is 9.81. The molecule has 0 bridgehead atoms. The molecular formula is C16H24N2O3. The van der Waals surface area contributed by atoms with Gasteiger partial charge in [-0.25, -0.2) is 9.59 Å². The minimum absolute atomic E-state index is 0.323. The van der Waals surface area contributed by atoms with Gasteiger partial charge < -0.3 is 15.3 Å². The number of carboxylic acid groups (broad SMARTS) is 1. The van der Waals surface area contributed by atoms with Gasteiger partial charge in [0.05, 0.1) is 0 Å². The summed E-state index contributed by atoms with van der Waals surface area (Å²) in [5.41, 5.74) is -0.894. The van der Waals surface area contributed by atoms with Crippen LogP contribution in [0.3, 0.4) is 0 Å². The van der Waals surface area contributed by atoms with Crippen LogP contribution < -0.4 is 5.32 Å². The molecule has 0 spiro atoms. The first-order valence-corrected chi connectivity index (χ1v) is 7.17. The van der Waals surface area contributed by atoms with Crippen LogP contribution in [0.25, 0.3) is 0 Å². The van der Waals surface area contributed by atoms with Crippen molar-refractivity contribution in [1.29, 1.82) is 0 Å². The maximum Gasteiger partial charge on any atom is 0.333 e. The molecule has 1 unspecified atom stereocenters. The van der Waals surface area contributed by atoms with E-state index in [1.807, 2.05) is 26.8 Å².